The van der Waals surface area contributed by atoms with Crippen molar-refractivity contribution in [1.29, 1.82) is 0 Å². The molecule has 4 rings (SSSR count). The largest absolute Gasteiger partial charge is 0.489 e. The maximum Gasteiger partial charge on any atom is 0.258 e. The molecule has 0 spiro atoms. The molecule has 2 aromatic rings. The highest BCUT2D eigenvalue weighted by atomic mass is 16.5. The first kappa shape index (κ1) is 13.4. The number of rotatable bonds is 1. The monoisotopic (exact) mass is 297 g/mol. The van der Waals surface area contributed by atoms with Crippen molar-refractivity contribution in [2.75, 3.05) is 18.1 Å². The van der Waals surface area contributed by atoms with Gasteiger partial charge in [-0.05, 0) is 38.8 Å². The Morgan fingerprint density at radius 1 is 1.27 bits per heavy atom. The average Bonchev–Trinajstić information content (AvgIpc) is 2.94. The van der Waals surface area contributed by atoms with Gasteiger partial charge in [0.1, 0.15) is 18.2 Å². The van der Waals surface area contributed by atoms with Gasteiger partial charge in [0.05, 0.1) is 17.4 Å². The first-order valence-electron chi connectivity index (χ1n) is 7.74. The van der Waals surface area contributed by atoms with Crippen LogP contribution in [-0.4, -0.2) is 28.7 Å². The summed E-state index contributed by atoms with van der Waals surface area (Å²) in [4.78, 5) is 19.1. The molecule has 0 radical (unpaired) electrons. The standard InChI is InChI=1S/C17H19N3O2/c1-11-8-17(21)20(12(2)18-11)13-5-6-15-16(9-13)22-10-14-4-3-7-19(14)15/h5-6,8-9,14H,3-4,7,10H2,1-2H3. The Labute approximate surface area is 129 Å². The minimum Gasteiger partial charge on any atom is -0.489 e. The molecule has 3 heterocycles. The van der Waals surface area contributed by atoms with E-state index in [2.05, 4.69) is 16.0 Å². The molecule has 0 N–H and O–H groups in total. The summed E-state index contributed by atoms with van der Waals surface area (Å²) < 4.78 is 7.56. The molecule has 0 amide bonds. The SMILES string of the molecule is Cc1cc(=O)n(-c2ccc3c(c2)OCC2CCCN32)c(C)n1. The van der Waals surface area contributed by atoms with Gasteiger partial charge in [-0.3, -0.25) is 9.36 Å². The molecule has 2 aliphatic rings. The summed E-state index contributed by atoms with van der Waals surface area (Å²) in [6.07, 6.45) is 2.41. The highest BCUT2D eigenvalue weighted by Crippen LogP contribution is 2.38. The number of ether oxygens (including phenoxy) is 1. The van der Waals surface area contributed by atoms with E-state index < -0.39 is 0 Å². The highest BCUT2D eigenvalue weighted by molar-refractivity contribution is 5.64. The van der Waals surface area contributed by atoms with Gasteiger partial charge in [0.15, 0.2) is 0 Å². The predicted molar refractivity (Wildman–Crippen MR) is 85.2 cm³/mol. The van der Waals surface area contributed by atoms with Crippen molar-refractivity contribution in [1.82, 2.24) is 9.55 Å². The van der Waals surface area contributed by atoms with Gasteiger partial charge in [-0.15, -0.1) is 0 Å². The summed E-state index contributed by atoms with van der Waals surface area (Å²) in [6.45, 7) is 5.51. The molecular weight excluding hydrogens is 278 g/mol. The Morgan fingerprint density at radius 2 is 2.14 bits per heavy atom. The van der Waals surface area contributed by atoms with E-state index in [4.69, 9.17) is 4.74 Å². The molecule has 2 aliphatic heterocycles. The second-order valence-electron chi connectivity index (χ2n) is 6.07. The van der Waals surface area contributed by atoms with Crippen molar-refractivity contribution in [2.45, 2.75) is 32.7 Å². The van der Waals surface area contributed by atoms with Crippen LogP contribution in [0.2, 0.25) is 0 Å². The van der Waals surface area contributed by atoms with Crippen LogP contribution >= 0.6 is 0 Å². The number of fused-ring (bicyclic) bond motifs is 3. The quantitative estimate of drug-likeness (QED) is 0.809. The van der Waals surface area contributed by atoms with E-state index in [0.717, 1.165) is 36.0 Å². The van der Waals surface area contributed by atoms with E-state index in [1.165, 1.54) is 12.8 Å². The molecule has 5 nitrogen and oxygen atoms in total. The molecule has 1 aromatic heterocycles. The smallest absolute Gasteiger partial charge is 0.258 e. The van der Waals surface area contributed by atoms with Crippen molar-refractivity contribution < 1.29 is 4.74 Å². The zero-order valence-electron chi connectivity index (χ0n) is 12.9. The molecule has 1 atom stereocenters. The van der Waals surface area contributed by atoms with E-state index in [0.29, 0.717) is 11.9 Å². The van der Waals surface area contributed by atoms with Crippen molar-refractivity contribution in [3.05, 3.63) is 46.1 Å². The molecule has 22 heavy (non-hydrogen) atoms. The maximum atomic E-state index is 12.3. The first-order valence-corrected chi connectivity index (χ1v) is 7.74. The van der Waals surface area contributed by atoms with Crippen LogP contribution in [0, 0.1) is 13.8 Å². The highest BCUT2D eigenvalue weighted by Gasteiger charge is 2.31. The van der Waals surface area contributed by atoms with Gasteiger partial charge in [-0.1, -0.05) is 0 Å². The van der Waals surface area contributed by atoms with Crippen LogP contribution in [0.4, 0.5) is 5.69 Å². The molecule has 0 bridgehead atoms. The topological polar surface area (TPSA) is 47.4 Å². The Morgan fingerprint density at radius 3 is 2.95 bits per heavy atom. The summed E-state index contributed by atoms with van der Waals surface area (Å²) in [5.41, 5.74) is 2.64. The van der Waals surface area contributed by atoms with Crippen LogP contribution in [0.1, 0.15) is 24.4 Å². The van der Waals surface area contributed by atoms with Gasteiger partial charge in [-0.2, -0.15) is 0 Å². The Bertz CT molecular complexity index is 797. The molecule has 114 valence electrons. The third kappa shape index (κ3) is 2.00. The minimum absolute atomic E-state index is 0.0557. The fourth-order valence-corrected chi connectivity index (χ4v) is 3.56. The first-order chi connectivity index (χ1) is 10.6. The van der Waals surface area contributed by atoms with Gasteiger partial charge in [-0.25, -0.2) is 4.98 Å². The Balaban J connectivity index is 1.81. The molecule has 0 aliphatic carbocycles. The van der Waals surface area contributed by atoms with E-state index >= 15 is 0 Å². The van der Waals surface area contributed by atoms with Gasteiger partial charge in [0, 0.05) is 24.4 Å². The fourth-order valence-electron chi connectivity index (χ4n) is 3.56. The van der Waals surface area contributed by atoms with Gasteiger partial charge >= 0.3 is 0 Å². The average molecular weight is 297 g/mol. The number of aromatic nitrogens is 2. The van der Waals surface area contributed by atoms with Crippen LogP contribution in [0.25, 0.3) is 5.69 Å². The van der Waals surface area contributed by atoms with Crippen molar-refractivity contribution in [3.8, 4) is 11.4 Å². The number of nitrogens with zero attached hydrogens (tertiary/aromatic N) is 3. The predicted octanol–water partition coefficient (Wildman–Crippen LogP) is 2.21. The second-order valence-corrected chi connectivity index (χ2v) is 6.07. The zero-order chi connectivity index (χ0) is 15.3. The van der Waals surface area contributed by atoms with E-state index in [1.54, 1.807) is 10.6 Å². The molecule has 1 saturated heterocycles. The Hall–Kier alpha value is -2.30. The summed E-state index contributed by atoms with van der Waals surface area (Å²) in [5, 5.41) is 0. The molecule has 1 aromatic carbocycles. The minimum atomic E-state index is -0.0557. The van der Waals surface area contributed by atoms with Crippen LogP contribution in [0.15, 0.2) is 29.1 Å². The zero-order valence-corrected chi connectivity index (χ0v) is 12.9. The molecule has 1 unspecified atom stereocenters. The summed E-state index contributed by atoms with van der Waals surface area (Å²) in [5.74, 6) is 1.56. The van der Waals surface area contributed by atoms with E-state index in [9.17, 15) is 4.79 Å². The normalized spacial score (nSPS) is 19.5. The van der Waals surface area contributed by atoms with E-state index in [-0.39, 0.29) is 5.56 Å². The van der Waals surface area contributed by atoms with Crippen LogP contribution in [0.5, 0.6) is 5.75 Å². The van der Waals surface area contributed by atoms with Crippen LogP contribution in [0.3, 0.4) is 0 Å². The lowest BCUT2D eigenvalue weighted by molar-refractivity contribution is 0.272. The van der Waals surface area contributed by atoms with Crippen molar-refractivity contribution >= 4 is 5.69 Å². The number of aryl methyl sites for hydroxylation is 2. The third-order valence-corrected chi connectivity index (χ3v) is 4.53. The fraction of sp³-hybridized carbons (Fsp3) is 0.412. The number of hydrogen-bond donors (Lipinski definition) is 0. The number of hydrogen-bond acceptors (Lipinski definition) is 4. The van der Waals surface area contributed by atoms with Crippen molar-refractivity contribution in [3.63, 3.8) is 0 Å². The van der Waals surface area contributed by atoms with Crippen molar-refractivity contribution in [2.24, 2.45) is 0 Å². The number of anilines is 1. The number of benzene rings is 1. The Kier molecular flexibility index (Phi) is 2.96. The maximum absolute atomic E-state index is 12.3. The molecule has 0 saturated carbocycles. The summed E-state index contributed by atoms with van der Waals surface area (Å²) >= 11 is 0. The van der Waals surface area contributed by atoms with Crippen LogP contribution < -0.4 is 15.2 Å². The van der Waals surface area contributed by atoms with E-state index in [1.807, 2.05) is 26.0 Å². The second kappa shape index (κ2) is 4.87. The van der Waals surface area contributed by atoms with Gasteiger partial charge in [0.25, 0.3) is 5.56 Å². The lowest BCUT2D eigenvalue weighted by atomic mass is 10.1. The lowest BCUT2D eigenvalue weighted by Crippen LogP contribution is -2.38. The molecular formula is C17H19N3O2. The summed E-state index contributed by atoms with van der Waals surface area (Å²) in [7, 11) is 0. The summed E-state index contributed by atoms with van der Waals surface area (Å²) in [6, 6.07) is 8.06. The molecule has 1 fully saturated rings. The van der Waals surface area contributed by atoms with Gasteiger partial charge < -0.3 is 9.64 Å². The molecule has 5 heteroatoms. The van der Waals surface area contributed by atoms with Crippen LogP contribution in [-0.2, 0) is 0 Å². The third-order valence-electron chi connectivity index (χ3n) is 4.53. The van der Waals surface area contributed by atoms with Gasteiger partial charge in [0.2, 0.25) is 0 Å². The lowest BCUT2D eigenvalue weighted by Gasteiger charge is -2.33.